The number of rotatable bonds is 3. The van der Waals surface area contributed by atoms with Crippen LogP contribution in [0.15, 0.2) is 42.7 Å². The topological polar surface area (TPSA) is 97.0 Å². The Bertz CT molecular complexity index is 1290. The van der Waals surface area contributed by atoms with E-state index in [0.717, 1.165) is 22.4 Å². The third-order valence-electron chi connectivity index (χ3n) is 5.91. The van der Waals surface area contributed by atoms with Crippen molar-refractivity contribution < 1.29 is 10.2 Å². The molecule has 5 rings (SSSR count). The Labute approximate surface area is 180 Å². The van der Waals surface area contributed by atoms with Gasteiger partial charge in [0.15, 0.2) is 11.5 Å². The number of hydrogen-bond donors (Lipinski definition) is 2. The van der Waals surface area contributed by atoms with Crippen molar-refractivity contribution >= 4 is 11.2 Å². The quantitative estimate of drug-likeness (QED) is 0.529. The second-order valence-electron chi connectivity index (χ2n) is 8.86. The molecule has 0 spiro atoms. The summed E-state index contributed by atoms with van der Waals surface area (Å²) < 4.78 is 2.07. The Morgan fingerprint density at radius 1 is 1.03 bits per heavy atom. The highest BCUT2D eigenvalue weighted by Crippen LogP contribution is 2.42. The molecule has 3 aromatic heterocycles. The van der Waals surface area contributed by atoms with Gasteiger partial charge in [-0.05, 0) is 51.0 Å². The first-order valence-corrected chi connectivity index (χ1v) is 10.4. The first-order valence-electron chi connectivity index (χ1n) is 10.4. The van der Waals surface area contributed by atoms with Crippen LogP contribution in [0.2, 0.25) is 0 Å². The maximum atomic E-state index is 10.7. The Morgan fingerprint density at radius 3 is 2.48 bits per heavy atom. The number of aryl methyl sites for hydroxylation is 2. The van der Waals surface area contributed by atoms with Gasteiger partial charge in [0.25, 0.3) is 0 Å². The minimum absolute atomic E-state index is 0.0218. The highest BCUT2D eigenvalue weighted by atomic mass is 16.3. The Hall–Kier alpha value is -3.16. The highest BCUT2D eigenvalue weighted by Gasteiger charge is 2.35. The molecule has 158 valence electrons. The molecule has 1 aliphatic heterocycles. The first kappa shape index (κ1) is 19.8. The van der Waals surface area contributed by atoms with Crippen LogP contribution in [0.4, 0.5) is 0 Å². The van der Waals surface area contributed by atoms with Gasteiger partial charge in [-0.15, -0.1) is 0 Å². The molecule has 2 N–H and O–H groups in total. The molecule has 7 nitrogen and oxygen atoms in total. The number of aromatic nitrogens is 5. The number of nitrogens with zero attached hydrogens (tertiary/aromatic N) is 5. The van der Waals surface area contributed by atoms with E-state index in [4.69, 9.17) is 4.98 Å². The van der Waals surface area contributed by atoms with Crippen LogP contribution in [-0.2, 0) is 5.60 Å². The lowest BCUT2D eigenvalue weighted by Crippen LogP contribution is -2.19. The molecule has 2 unspecified atom stereocenters. The van der Waals surface area contributed by atoms with E-state index >= 15 is 0 Å². The van der Waals surface area contributed by atoms with Crippen LogP contribution in [0.1, 0.15) is 60.8 Å². The number of aliphatic hydroxyl groups is 2. The third-order valence-corrected chi connectivity index (χ3v) is 5.91. The van der Waals surface area contributed by atoms with Crippen molar-refractivity contribution in [3.05, 3.63) is 71.1 Å². The van der Waals surface area contributed by atoms with Crippen LogP contribution in [-0.4, -0.2) is 34.7 Å². The maximum Gasteiger partial charge on any atom is 0.161 e. The van der Waals surface area contributed by atoms with Gasteiger partial charge < -0.3 is 14.8 Å². The standard InChI is InChI=1S/C24H25N5O2/c1-13-5-6-14(2)16(9-13)19-10-20(30)22-28-18-8-7-17(27-21(18)29(19)22)15-11-25-23(26-12-15)24(3,4)31/h5-9,11-12,19-20,30-31H,10H2,1-4H3. The van der Waals surface area contributed by atoms with Crippen LogP contribution >= 0.6 is 0 Å². The van der Waals surface area contributed by atoms with Crippen molar-refractivity contribution in [3.8, 4) is 11.3 Å². The number of benzene rings is 1. The SMILES string of the molecule is Cc1ccc(C)c(C2CC(O)c3nc4ccc(-c5cnc(C(C)(C)O)nc5)nc4n32)c1. The largest absolute Gasteiger partial charge is 0.385 e. The normalized spacial score (nSPS) is 18.5. The molecule has 0 saturated carbocycles. The highest BCUT2D eigenvalue weighted by molar-refractivity contribution is 5.76. The van der Waals surface area contributed by atoms with E-state index in [0.29, 0.717) is 18.1 Å². The molecule has 0 saturated heterocycles. The van der Waals surface area contributed by atoms with Crippen molar-refractivity contribution in [2.75, 3.05) is 0 Å². The predicted molar refractivity (Wildman–Crippen MR) is 117 cm³/mol. The fraction of sp³-hybridized carbons (Fsp3) is 0.333. The average molecular weight is 415 g/mol. The van der Waals surface area contributed by atoms with Gasteiger partial charge in [0, 0.05) is 24.4 Å². The average Bonchev–Trinajstić information content (AvgIpc) is 3.26. The lowest BCUT2D eigenvalue weighted by Gasteiger charge is -2.18. The van der Waals surface area contributed by atoms with Gasteiger partial charge >= 0.3 is 0 Å². The van der Waals surface area contributed by atoms with Gasteiger partial charge in [0.1, 0.15) is 23.0 Å². The van der Waals surface area contributed by atoms with Crippen LogP contribution in [0.3, 0.4) is 0 Å². The van der Waals surface area contributed by atoms with Crippen LogP contribution < -0.4 is 0 Å². The minimum atomic E-state index is -1.10. The van der Waals surface area contributed by atoms with E-state index < -0.39 is 11.7 Å². The van der Waals surface area contributed by atoms with Crippen LogP contribution in [0, 0.1) is 13.8 Å². The predicted octanol–water partition coefficient (Wildman–Crippen LogP) is 3.76. The molecule has 1 aromatic carbocycles. The molecule has 7 heteroatoms. The zero-order chi connectivity index (χ0) is 21.9. The molecule has 31 heavy (non-hydrogen) atoms. The van der Waals surface area contributed by atoms with E-state index in [9.17, 15) is 10.2 Å². The number of hydrogen-bond acceptors (Lipinski definition) is 6. The van der Waals surface area contributed by atoms with E-state index in [1.165, 1.54) is 16.7 Å². The fourth-order valence-corrected chi connectivity index (χ4v) is 4.28. The van der Waals surface area contributed by atoms with E-state index in [1.54, 1.807) is 26.2 Å². The summed E-state index contributed by atoms with van der Waals surface area (Å²) in [7, 11) is 0. The summed E-state index contributed by atoms with van der Waals surface area (Å²) in [5.41, 5.74) is 5.42. The number of aliphatic hydroxyl groups excluding tert-OH is 1. The Balaban J connectivity index is 1.63. The molecule has 4 aromatic rings. The summed E-state index contributed by atoms with van der Waals surface area (Å²) in [5, 5.41) is 20.8. The zero-order valence-electron chi connectivity index (χ0n) is 18.0. The Morgan fingerprint density at radius 2 is 1.77 bits per heavy atom. The summed E-state index contributed by atoms with van der Waals surface area (Å²) in [6.45, 7) is 7.48. The van der Waals surface area contributed by atoms with Gasteiger partial charge in [-0.1, -0.05) is 23.8 Å². The van der Waals surface area contributed by atoms with E-state index in [-0.39, 0.29) is 6.04 Å². The van der Waals surface area contributed by atoms with Gasteiger partial charge in [0.05, 0.1) is 11.7 Å². The Kier molecular flexibility index (Phi) is 4.42. The lowest BCUT2D eigenvalue weighted by atomic mass is 9.97. The molecule has 0 bridgehead atoms. The summed E-state index contributed by atoms with van der Waals surface area (Å²) in [4.78, 5) is 18.1. The molecule has 2 atom stereocenters. The van der Waals surface area contributed by atoms with Crippen molar-refractivity contribution in [1.82, 2.24) is 24.5 Å². The van der Waals surface area contributed by atoms with E-state index in [2.05, 4.69) is 51.6 Å². The lowest BCUT2D eigenvalue weighted by molar-refractivity contribution is 0.0687. The summed E-state index contributed by atoms with van der Waals surface area (Å²) in [6, 6.07) is 10.2. The van der Waals surface area contributed by atoms with Gasteiger partial charge in [-0.25, -0.2) is 19.9 Å². The first-order chi connectivity index (χ1) is 14.7. The van der Waals surface area contributed by atoms with E-state index in [1.807, 2.05) is 12.1 Å². The molecule has 0 fully saturated rings. The number of imidazole rings is 1. The van der Waals surface area contributed by atoms with Gasteiger partial charge in [-0.3, -0.25) is 0 Å². The second kappa shape index (κ2) is 6.93. The summed E-state index contributed by atoms with van der Waals surface area (Å²) in [5.74, 6) is 1.01. The van der Waals surface area contributed by atoms with Crippen molar-refractivity contribution in [3.63, 3.8) is 0 Å². The van der Waals surface area contributed by atoms with Gasteiger partial charge in [0.2, 0.25) is 0 Å². The molecule has 1 aliphatic rings. The smallest absolute Gasteiger partial charge is 0.161 e. The molecule has 0 amide bonds. The molecular formula is C24H25N5O2. The fourth-order valence-electron chi connectivity index (χ4n) is 4.28. The van der Waals surface area contributed by atoms with Crippen molar-refractivity contribution in [2.45, 2.75) is 51.9 Å². The zero-order valence-corrected chi connectivity index (χ0v) is 18.0. The maximum absolute atomic E-state index is 10.7. The van der Waals surface area contributed by atoms with Crippen molar-refractivity contribution in [1.29, 1.82) is 0 Å². The van der Waals surface area contributed by atoms with Crippen LogP contribution in [0.25, 0.3) is 22.4 Å². The molecule has 0 aliphatic carbocycles. The minimum Gasteiger partial charge on any atom is -0.385 e. The van der Waals surface area contributed by atoms with Gasteiger partial charge in [-0.2, -0.15) is 0 Å². The molecule has 4 heterocycles. The van der Waals surface area contributed by atoms with Crippen LogP contribution in [0.5, 0.6) is 0 Å². The monoisotopic (exact) mass is 415 g/mol. The third kappa shape index (κ3) is 3.30. The molecule has 0 radical (unpaired) electrons. The number of pyridine rings is 1. The van der Waals surface area contributed by atoms with Crippen molar-refractivity contribution in [2.24, 2.45) is 0 Å². The summed E-state index contributed by atoms with van der Waals surface area (Å²) >= 11 is 0. The molecular weight excluding hydrogens is 390 g/mol. The summed E-state index contributed by atoms with van der Waals surface area (Å²) in [6.07, 6.45) is 3.30. The second-order valence-corrected chi connectivity index (χ2v) is 8.86. The number of fused-ring (bicyclic) bond motifs is 3.